The van der Waals surface area contributed by atoms with Crippen molar-refractivity contribution in [1.82, 2.24) is 4.90 Å². The molecule has 1 heterocycles. The van der Waals surface area contributed by atoms with Crippen molar-refractivity contribution in [2.45, 2.75) is 25.7 Å². The number of nitrogens with one attached hydrogen (secondary N) is 2. The van der Waals surface area contributed by atoms with Crippen LogP contribution in [0, 0.1) is 23.0 Å². The molecule has 0 saturated carbocycles. The Kier molecular flexibility index (Phi) is 7.92. The third-order valence-corrected chi connectivity index (χ3v) is 6.72. The highest BCUT2D eigenvalue weighted by atomic mass is 32.2. The van der Waals surface area contributed by atoms with E-state index >= 15 is 0 Å². The number of anilines is 2. The third kappa shape index (κ3) is 6.09. The van der Waals surface area contributed by atoms with Gasteiger partial charge in [0.05, 0.1) is 4.92 Å². The molecule has 0 aromatic heterocycles. The van der Waals surface area contributed by atoms with Gasteiger partial charge in [-0.25, -0.2) is 0 Å². The number of aryl methyl sites for hydroxylation is 1. The third-order valence-electron chi connectivity index (χ3n) is 5.65. The number of hydrogen-bond donors (Lipinski definition) is 2. The summed E-state index contributed by atoms with van der Waals surface area (Å²) in [6, 6.07) is 19.7. The van der Waals surface area contributed by atoms with Crippen molar-refractivity contribution in [3.8, 4) is 0 Å². The van der Waals surface area contributed by atoms with Crippen molar-refractivity contribution in [3.05, 3.63) is 105 Å². The Labute approximate surface area is 224 Å². The van der Waals surface area contributed by atoms with E-state index < -0.39 is 10.8 Å². The second-order valence-electron chi connectivity index (χ2n) is 9.20. The summed E-state index contributed by atoms with van der Waals surface area (Å²) in [5.41, 5.74) is 2.61. The second kappa shape index (κ2) is 11.3. The number of carbonyl (C=O) groups excluding carboxylic acids is 3. The summed E-state index contributed by atoms with van der Waals surface area (Å²) in [6.45, 7) is 6.14. The predicted molar refractivity (Wildman–Crippen MR) is 147 cm³/mol. The Morgan fingerprint density at radius 2 is 1.66 bits per heavy atom. The number of rotatable bonds is 9. The van der Waals surface area contributed by atoms with Gasteiger partial charge in [-0.15, -0.1) is 0 Å². The Balaban J connectivity index is 1.57. The molecule has 0 fully saturated rings. The Hall–Kier alpha value is -4.44. The molecule has 3 aromatic carbocycles. The smallest absolute Gasteiger partial charge is 0.278 e. The first kappa shape index (κ1) is 26.6. The van der Waals surface area contributed by atoms with Crippen molar-refractivity contribution in [3.63, 3.8) is 0 Å². The predicted octanol–water partition coefficient (Wildman–Crippen LogP) is 5.60. The highest BCUT2D eigenvalue weighted by Crippen LogP contribution is 2.37. The standard InChI is InChI=1S/C28H26N4O5S/c1-17(2)16-31-27(34)24(29-20-11-7-18(3)8-12-20)25(28(31)35)38-23-6-4-5-21(15-23)30-26(33)19-9-13-22(14-10-19)32(36)37/h4-15,17,29H,16H2,1-3H3,(H,30,33). The van der Waals surface area contributed by atoms with Gasteiger partial charge >= 0.3 is 0 Å². The lowest BCUT2D eigenvalue weighted by Crippen LogP contribution is -2.35. The number of nitro groups is 1. The van der Waals surface area contributed by atoms with Gasteiger partial charge in [0.2, 0.25) is 0 Å². The normalized spacial score (nSPS) is 13.3. The van der Waals surface area contributed by atoms with Crippen LogP contribution in [0.2, 0.25) is 0 Å². The van der Waals surface area contributed by atoms with E-state index in [-0.39, 0.29) is 39.6 Å². The van der Waals surface area contributed by atoms with Crippen LogP contribution in [0.15, 0.2) is 88.3 Å². The van der Waals surface area contributed by atoms with Gasteiger partial charge < -0.3 is 10.6 Å². The SMILES string of the molecule is Cc1ccc(NC2=C(Sc3cccc(NC(=O)c4ccc([N+](=O)[O-])cc4)c3)C(=O)N(CC(C)C)C2=O)cc1. The molecule has 0 radical (unpaired) electrons. The first-order valence-electron chi connectivity index (χ1n) is 11.9. The Morgan fingerprint density at radius 3 is 2.29 bits per heavy atom. The molecule has 0 unspecified atom stereocenters. The van der Waals surface area contributed by atoms with E-state index in [0.29, 0.717) is 22.8 Å². The van der Waals surface area contributed by atoms with Gasteiger partial charge in [-0.3, -0.25) is 29.4 Å². The van der Waals surface area contributed by atoms with Crippen molar-refractivity contribution < 1.29 is 19.3 Å². The molecule has 2 N–H and O–H groups in total. The number of nitrogens with zero attached hydrogens (tertiary/aromatic N) is 2. The molecule has 0 bridgehead atoms. The lowest BCUT2D eigenvalue weighted by atomic mass is 10.2. The molecule has 9 nitrogen and oxygen atoms in total. The van der Waals surface area contributed by atoms with Crippen molar-refractivity contribution >= 4 is 46.5 Å². The van der Waals surface area contributed by atoms with Gasteiger partial charge in [0.25, 0.3) is 23.4 Å². The van der Waals surface area contributed by atoms with Gasteiger partial charge in [-0.2, -0.15) is 0 Å². The van der Waals surface area contributed by atoms with Gasteiger partial charge in [0.1, 0.15) is 10.6 Å². The first-order valence-corrected chi connectivity index (χ1v) is 12.7. The van der Waals surface area contributed by atoms with E-state index in [1.54, 1.807) is 24.3 Å². The molecule has 1 aliphatic rings. The maximum atomic E-state index is 13.3. The van der Waals surface area contributed by atoms with Crippen LogP contribution in [0.3, 0.4) is 0 Å². The number of carbonyl (C=O) groups is 3. The minimum absolute atomic E-state index is 0.103. The molecule has 0 spiro atoms. The molecule has 0 aliphatic carbocycles. The minimum Gasteiger partial charge on any atom is -0.350 e. The first-order chi connectivity index (χ1) is 18.1. The van der Waals surface area contributed by atoms with Crippen molar-refractivity contribution in [2.24, 2.45) is 5.92 Å². The molecule has 1 aliphatic heterocycles. The molecule has 10 heteroatoms. The molecule has 3 aromatic rings. The van der Waals surface area contributed by atoms with Gasteiger partial charge in [0.15, 0.2) is 0 Å². The Bertz CT molecular complexity index is 1430. The zero-order chi connectivity index (χ0) is 27.4. The summed E-state index contributed by atoms with van der Waals surface area (Å²) >= 11 is 1.15. The van der Waals surface area contributed by atoms with Crippen LogP contribution < -0.4 is 10.6 Å². The molecular formula is C28H26N4O5S. The number of hydrogen-bond acceptors (Lipinski definition) is 7. The Morgan fingerprint density at radius 1 is 0.974 bits per heavy atom. The molecular weight excluding hydrogens is 504 g/mol. The molecule has 0 saturated heterocycles. The van der Waals surface area contributed by atoms with E-state index in [1.165, 1.54) is 29.2 Å². The zero-order valence-corrected chi connectivity index (χ0v) is 21.9. The van der Waals surface area contributed by atoms with E-state index in [2.05, 4.69) is 10.6 Å². The summed E-state index contributed by atoms with van der Waals surface area (Å²) in [5.74, 6) is -1.08. The largest absolute Gasteiger partial charge is 0.350 e. The lowest BCUT2D eigenvalue weighted by molar-refractivity contribution is -0.384. The topological polar surface area (TPSA) is 122 Å². The van der Waals surface area contributed by atoms with Crippen LogP contribution in [0.5, 0.6) is 0 Å². The number of non-ortho nitro benzene ring substituents is 1. The van der Waals surface area contributed by atoms with Gasteiger partial charge in [0, 0.05) is 40.5 Å². The van der Waals surface area contributed by atoms with Gasteiger partial charge in [-0.05, 0) is 55.3 Å². The monoisotopic (exact) mass is 530 g/mol. The summed E-state index contributed by atoms with van der Waals surface area (Å²) in [4.78, 5) is 51.7. The summed E-state index contributed by atoms with van der Waals surface area (Å²) in [5, 5.41) is 16.8. The van der Waals surface area contributed by atoms with Gasteiger partial charge in [-0.1, -0.05) is 49.4 Å². The average molecular weight is 531 g/mol. The fourth-order valence-corrected chi connectivity index (χ4v) is 4.77. The maximum absolute atomic E-state index is 13.3. The van der Waals surface area contributed by atoms with E-state index in [1.807, 2.05) is 45.0 Å². The van der Waals surface area contributed by atoms with Crippen LogP contribution in [0.25, 0.3) is 0 Å². The summed E-state index contributed by atoms with van der Waals surface area (Å²) in [7, 11) is 0. The molecule has 194 valence electrons. The quantitative estimate of drug-likeness (QED) is 0.210. The summed E-state index contributed by atoms with van der Waals surface area (Å²) in [6.07, 6.45) is 0. The molecule has 4 rings (SSSR count). The minimum atomic E-state index is -0.531. The fourth-order valence-electron chi connectivity index (χ4n) is 3.76. The zero-order valence-electron chi connectivity index (χ0n) is 21.1. The lowest BCUT2D eigenvalue weighted by Gasteiger charge is -2.17. The van der Waals surface area contributed by atoms with Crippen molar-refractivity contribution in [1.29, 1.82) is 0 Å². The van der Waals surface area contributed by atoms with E-state index in [0.717, 1.165) is 17.3 Å². The van der Waals surface area contributed by atoms with Crippen LogP contribution in [0.1, 0.15) is 29.8 Å². The van der Waals surface area contributed by atoms with Crippen LogP contribution >= 0.6 is 11.8 Å². The molecule has 38 heavy (non-hydrogen) atoms. The van der Waals surface area contributed by atoms with E-state index in [4.69, 9.17) is 0 Å². The second-order valence-corrected chi connectivity index (χ2v) is 10.3. The number of nitro benzene ring substituents is 1. The number of thioether (sulfide) groups is 1. The summed E-state index contributed by atoms with van der Waals surface area (Å²) < 4.78 is 0. The highest BCUT2D eigenvalue weighted by molar-refractivity contribution is 8.04. The van der Waals surface area contributed by atoms with Crippen molar-refractivity contribution in [2.75, 3.05) is 17.2 Å². The number of imide groups is 1. The number of amides is 3. The van der Waals surface area contributed by atoms with Crippen LogP contribution in [-0.2, 0) is 9.59 Å². The van der Waals surface area contributed by atoms with Crippen LogP contribution in [0.4, 0.5) is 17.1 Å². The maximum Gasteiger partial charge on any atom is 0.278 e. The number of benzene rings is 3. The highest BCUT2D eigenvalue weighted by Gasteiger charge is 2.39. The average Bonchev–Trinajstić information content (AvgIpc) is 3.09. The molecule has 3 amide bonds. The molecule has 0 atom stereocenters. The fraction of sp³-hybridized carbons (Fsp3) is 0.179. The van der Waals surface area contributed by atoms with E-state index in [9.17, 15) is 24.5 Å². The van der Waals surface area contributed by atoms with Crippen LogP contribution in [-0.4, -0.2) is 34.1 Å².